The molecule has 0 unspecified atom stereocenters. The molecule has 5 nitrogen and oxygen atoms in total. The molecule has 0 aromatic heterocycles. The molecular formula is C10H8F3NO4. The maximum atomic E-state index is 11.8. The molecule has 1 amide bonds. The van der Waals surface area contributed by atoms with Crippen LogP contribution in [0.2, 0.25) is 0 Å². The maximum absolute atomic E-state index is 11.8. The Labute approximate surface area is 99.4 Å². The fraction of sp³-hybridized carbons (Fsp3) is 0.200. The third-order valence-electron chi connectivity index (χ3n) is 1.82. The SMILES string of the molecule is COc1ccccc1C(=O)NOC(=O)C(F)(F)F. The third kappa shape index (κ3) is 3.37. The first-order chi connectivity index (χ1) is 8.36. The van der Waals surface area contributed by atoms with E-state index in [9.17, 15) is 22.8 Å². The minimum Gasteiger partial charge on any atom is -0.496 e. The Hall–Kier alpha value is -2.25. The normalized spacial score (nSPS) is 10.7. The van der Waals surface area contributed by atoms with Crippen molar-refractivity contribution in [3.8, 4) is 5.75 Å². The zero-order valence-corrected chi connectivity index (χ0v) is 9.08. The number of halogens is 3. The summed E-state index contributed by atoms with van der Waals surface area (Å²) in [7, 11) is 1.29. The van der Waals surface area contributed by atoms with Crippen LogP contribution in [-0.4, -0.2) is 25.2 Å². The monoisotopic (exact) mass is 263 g/mol. The Kier molecular flexibility index (Phi) is 4.13. The Morgan fingerprint density at radius 1 is 1.22 bits per heavy atom. The number of nitrogens with one attached hydrogen (secondary N) is 1. The number of ether oxygens (including phenoxy) is 1. The van der Waals surface area contributed by atoms with Crippen molar-refractivity contribution in [2.45, 2.75) is 6.18 Å². The van der Waals surface area contributed by atoms with E-state index in [1.807, 2.05) is 0 Å². The van der Waals surface area contributed by atoms with Crippen LogP contribution in [0.4, 0.5) is 13.2 Å². The van der Waals surface area contributed by atoms with Crippen LogP contribution in [0.1, 0.15) is 10.4 Å². The molecule has 0 spiro atoms. The first-order valence-corrected chi connectivity index (χ1v) is 4.57. The average Bonchev–Trinajstić information content (AvgIpc) is 2.34. The van der Waals surface area contributed by atoms with Gasteiger partial charge in [-0.2, -0.15) is 18.7 Å². The summed E-state index contributed by atoms with van der Waals surface area (Å²) >= 11 is 0. The molecule has 0 aliphatic heterocycles. The van der Waals surface area contributed by atoms with E-state index in [-0.39, 0.29) is 11.3 Å². The molecular weight excluding hydrogens is 255 g/mol. The Bertz CT molecular complexity index is 459. The van der Waals surface area contributed by atoms with Crippen LogP contribution in [0.15, 0.2) is 24.3 Å². The lowest BCUT2D eigenvalue weighted by Crippen LogP contribution is -2.34. The highest BCUT2D eigenvalue weighted by Crippen LogP contribution is 2.18. The molecule has 0 atom stereocenters. The topological polar surface area (TPSA) is 64.6 Å². The number of methoxy groups -OCH3 is 1. The van der Waals surface area contributed by atoms with Crippen molar-refractivity contribution in [2.75, 3.05) is 7.11 Å². The van der Waals surface area contributed by atoms with E-state index in [1.54, 1.807) is 6.07 Å². The van der Waals surface area contributed by atoms with Crippen LogP contribution in [0.3, 0.4) is 0 Å². The maximum Gasteiger partial charge on any atom is 0.493 e. The minimum absolute atomic E-state index is 0.0602. The molecule has 1 aromatic rings. The summed E-state index contributed by atoms with van der Waals surface area (Å²) in [4.78, 5) is 25.4. The van der Waals surface area contributed by atoms with Crippen molar-refractivity contribution >= 4 is 11.9 Å². The van der Waals surface area contributed by atoms with Crippen molar-refractivity contribution in [2.24, 2.45) is 0 Å². The largest absolute Gasteiger partial charge is 0.496 e. The molecule has 8 heteroatoms. The van der Waals surface area contributed by atoms with E-state index >= 15 is 0 Å². The molecule has 0 heterocycles. The Morgan fingerprint density at radius 2 is 1.83 bits per heavy atom. The fourth-order valence-corrected chi connectivity index (χ4v) is 1.04. The second kappa shape index (κ2) is 5.39. The number of hydrogen-bond acceptors (Lipinski definition) is 4. The van der Waals surface area contributed by atoms with Crippen molar-refractivity contribution < 1.29 is 32.3 Å². The Morgan fingerprint density at radius 3 is 2.39 bits per heavy atom. The second-order valence-electron chi connectivity index (χ2n) is 3.02. The van der Waals surface area contributed by atoms with Gasteiger partial charge < -0.3 is 9.57 Å². The summed E-state index contributed by atoms with van der Waals surface area (Å²) in [6, 6.07) is 5.77. The standard InChI is InChI=1S/C10H8F3NO4/c1-17-7-5-3-2-4-6(7)8(15)14-18-9(16)10(11,12)13/h2-5H,1H3,(H,14,15). The van der Waals surface area contributed by atoms with Gasteiger partial charge in [0, 0.05) is 0 Å². The predicted octanol–water partition coefficient (Wildman–Crippen LogP) is 1.45. The summed E-state index contributed by atoms with van der Waals surface area (Å²) in [5.41, 5.74) is 1.33. The lowest BCUT2D eigenvalue weighted by molar-refractivity contribution is -0.204. The molecule has 1 rings (SSSR count). The molecule has 1 aromatic carbocycles. The summed E-state index contributed by atoms with van der Waals surface area (Å²) in [6.45, 7) is 0. The smallest absolute Gasteiger partial charge is 0.493 e. The minimum atomic E-state index is -5.17. The number of rotatable bonds is 2. The number of amides is 1. The van der Waals surface area contributed by atoms with Gasteiger partial charge in [0.15, 0.2) is 0 Å². The van der Waals surface area contributed by atoms with Crippen molar-refractivity contribution in [3.05, 3.63) is 29.8 Å². The number of carbonyl (C=O) groups excluding carboxylic acids is 2. The van der Waals surface area contributed by atoms with Crippen molar-refractivity contribution in [1.29, 1.82) is 0 Å². The van der Waals surface area contributed by atoms with Crippen LogP contribution in [0.5, 0.6) is 5.75 Å². The summed E-state index contributed by atoms with van der Waals surface area (Å²) in [5.74, 6) is -3.39. The van der Waals surface area contributed by atoms with E-state index in [0.717, 1.165) is 0 Å². The number of para-hydroxylation sites is 1. The lowest BCUT2D eigenvalue weighted by atomic mass is 10.2. The van der Waals surface area contributed by atoms with Gasteiger partial charge in [-0.3, -0.25) is 4.79 Å². The molecule has 0 fully saturated rings. The summed E-state index contributed by atoms with van der Waals surface area (Å²) < 4.78 is 40.2. The zero-order chi connectivity index (χ0) is 13.8. The average molecular weight is 263 g/mol. The first-order valence-electron chi connectivity index (χ1n) is 4.57. The molecule has 0 aliphatic rings. The number of hydrogen-bond donors (Lipinski definition) is 1. The molecule has 1 N–H and O–H groups in total. The number of carbonyl (C=O) groups is 2. The molecule has 0 bridgehead atoms. The van der Waals surface area contributed by atoms with Gasteiger partial charge in [-0.1, -0.05) is 12.1 Å². The quantitative estimate of drug-likeness (QED) is 0.820. The third-order valence-corrected chi connectivity index (χ3v) is 1.82. The van der Waals surface area contributed by atoms with E-state index in [0.29, 0.717) is 0 Å². The van der Waals surface area contributed by atoms with E-state index in [4.69, 9.17) is 4.74 Å². The van der Waals surface area contributed by atoms with Gasteiger partial charge in [-0.15, -0.1) is 0 Å². The van der Waals surface area contributed by atoms with Gasteiger partial charge in [-0.05, 0) is 12.1 Å². The Balaban J connectivity index is 2.69. The van der Waals surface area contributed by atoms with Gasteiger partial charge in [0.2, 0.25) is 0 Å². The van der Waals surface area contributed by atoms with Crippen LogP contribution in [0, 0.1) is 0 Å². The second-order valence-corrected chi connectivity index (χ2v) is 3.02. The molecule has 0 radical (unpaired) electrons. The van der Waals surface area contributed by atoms with Crippen molar-refractivity contribution in [1.82, 2.24) is 5.48 Å². The summed E-state index contributed by atoms with van der Waals surface area (Å²) in [5, 5.41) is 0. The predicted molar refractivity (Wildman–Crippen MR) is 52.6 cm³/mol. The number of alkyl halides is 3. The molecule has 0 aliphatic carbocycles. The van der Waals surface area contributed by atoms with E-state index in [1.165, 1.54) is 30.8 Å². The van der Waals surface area contributed by atoms with E-state index < -0.39 is 18.1 Å². The van der Waals surface area contributed by atoms with Crippen LogP contribution in [-0.2, 0) is 9.63 Å². The molecule has 0 saturated heterocycles. The van der Waals surface area contributed by atoms with Gasteiger partial charge in [-0.25, -0.2) is 4.79 Å². The molecule has 0 saturated carbocycles. The molecule has 98 valence electrons. The van der Waals surface area contributed by atoms with Gasteiger partial charge in [0.05, 0.1) is 12.7 Å². The van der Waals surface area contributed by atoms with Crippen molar-refractivity contribution in [3.63, 3.8) is 0 Å². The number of benzene rings is 1. The summed E-state index contributed by atoms with van der Waals surface area (Å²) in [6.07, 6.45) is -5.17. The number of hydroxylamine groups is 1. The highest BCUT2D eigenvalue weighted by molar-refractivity contribution is 5.97. The fourth-order valence-electron chi connectivity index (χ4n) is 1.04. The van der Waals surface area contributed by atoms with E-state index in [2.05, 4.69) is 4.84 Å². The van der Waals surface area contributed by atoms with Crippen LogP contribution >= 0.6 is 0 Å². The zero-order valence-electron chi connectivity index (χ0n) is 9.08. The lowest BCUT2D eigenvalue weighted by Gasteiger charge is -2.09. The van der Waals surface area contributed by atoms with Gasteiger partial charge in [0.1, 0.15) is 5.75 Å². The highest BCUT2D eigenvalue weighted by atomic mass is 19.4. The first kappa shape index (κ1) is 13.8. The van der Waals surface area contributed by atoms with Crippen LogP contribution in [0.25, 0.3) is 0 Å². The van der Waals surface area contributed by atoms with Crippen LogP contribution < -0.4 is 10.2 Å². The van der Waals surface area contributed by atoms with Gasteiger partial charge >= 0.3 is 12.1 Å². The van der Waals surface area contributed by atoms with Gasteiger partial charge in [0.25, 0.3) is 5.91 Å². The highest BCUT2D eigenvalue weighted by Gasteiger charge is 2.42. The molecule has 18 heavy (non-hydrogen) atoms.